The predicted octanol–water partition coefficient (Wildman–Crippen LogP) is 5.14. The van der Waals surface area contributed by atoms with Crippen LogP contribution in [0.3, 0.4) is 0 Å². The first-order valence-corrected chi connectivity index (χ1v) is 10.1. The van der Waals surface area contributed by atoms with Crippen molar-refractivity contribution in [3.05, 3.63) is 95.9 Å². The molecule has 0 aliphatic carbocycles. The molecule has 0 unspecified atom stereocenters. The SMILES string of the molecule is C=C(C)C(O)(C(=C)C)c1ccc(CN(Cc2ccc3c(c2)OCO3)Cc2ccco2)o1. The van der Waals surface area contributed by atoms with Crippen LogP contribution >= 0.6 is 0 Å². The quantitative estimate of drug-likeness (QED) is 0.482. The summed E-state index contributed by atoms with van der Waals surface area (Å²) in [4.78, 5) is 2.19. The Hall–Kier alpha value is -3.22. The van der Waals surface area contributed by atoms with Gasteiger partial charge in [-0.05, 0) is 67.0 Å². The van der Waals surface area contributed by atoms with Crippen molar-refractivity contribution in [3.63, 3.8) is 0 Å². The number of fused-ring (bicyclic) bond motifs is 1. The summed E-state index contributed by atoms with van der Waals surface area (Å²) in [5.74, 6) is 3.51. The second kappa shape index (κ2) is 8.49. The fourth-order valence-electron chi connectivity index (χ4n) is 3.75. The highest BCUT2D eigenvalue weighted by atomic mass is 16.7. The van der Waals surface area contributed by atoms with Gasteiger partial charge in [-0.3, -0.25) is 4.90 Å². The normalized spacial score (nSPS) is 13.0. The minimum Gasteiger partial charge on any atom is -0.468 e. The van der Waals surface area contributed by atoms with Crippen molar-refractivity contribution in [1.82, 2.24) is 4.90 Å². The van der Waals surface area contributed by atoms with E-state index in [0.717, 1.165) is 28.6 Å². The van der Waals surface area contributed by atoms with Gasteiger partial charge in [0.1, 0.15) is 17.3 Å². The van der Waals surface area contributed by atoms with Gasteiger partial charge in [-0.25, -0.2) is 0 Å². The summed E-state index contributed by atoms with van der Waals surface area (Å²) < 4.78 is 22.5. The second-order valence-corrected chi connectivity index (χ2v) is 7.95. The average Bonchev–Trinajstić information content (AvgIpc) is 3.48. The zero-order valence-electron chi connectivity index (χ0n) is 17.9. The molecule has 3 heterocycles. The molecule has 31 heavy (non-hydrogen) atoms. The van der Waals surface area contributed by atoms with Gasteiger partial charge in [-0.15, -0.1) is 0 Å². The van der Waals surface area contributed by atoms with Crippen molar-refractivity contribution in [2.75, 3.05) is 6.79 Å². The molecular formula is C25H27NO5. The van der Waals surface area contributed by atoms with Crippen LogP contribution in [0.5, 0.6) is 11.5 Å². The van der Waals surface area contributed by atoms with Crippen molar-refractivity contribution in [2.24, 2.45) is 0 Å². The van der Waals surface area contributed by atoms with Crippen LogP contribution in [0.25, 0.3) is 0 Å². The molecule has 1 aliphatic rings. The van der Waals surface area contributed by atoms with Crippen LogP contribution in [0.2, 0.25) is 0 Å². The second-order valence-electron chi connectivity index (χ2n) is 7.95. The lowest BCUT2D eigenvalue weighted by Crippen LogP contribution is -2.27. The average molecular weight is 421 g/mol. The Morgan fingerprint density at radius 2 is 1.71 bits per heavy atom. The third kappa shape index (κ3) is 4.31. The lowest BCUT2D eigenvalue weighted by molar-refractivity contribution is 0.0874. The first kappa shape index (κ1) is 21.0. The number of hydrogen-bond acceptors (Lipinski definition) is 6. The van der Waals surface area contributed by atoms with Crippen LogP contribution in [-0.4, -0.2) is 16.8 Å². The van der Waals surface area contributed by atoms with Crippen molar-refractivity contribution in [3.8, 4) is 11.5 Å². The van der Waals surface area contributed by atoms with Crippen molar-refractivity contribution in [2.45, 2.75) is 39.1 Å². The maximum absolute atomic E-state index is 11.1. The Kier molecular flexibility index (Phi) is 5.76. The van der Waals surface area contributed by atoms with Gasteiger partial charge in [0.15, 0.2) is 17.1 Å². The third-order valence-corrected chi connectivity index (χ3v) is 5.44. The Bertz CT molecular complexity index is 1070. The number of hydrogen-bond donors (Lipinski definition) is 1. The molecule has 0 radical (unpaired) electrons. The molecular weight excluding hydrogens is 394 g/mol. The fourth-order valence-corrected chi connectivity index (χ4v) is 3.75. The van der Waals surface area contributed by atoms with E-state index in [0.29, 0.717) is 36.5 Å². The molecule has 2 aromatic heterocycles. The van der Waals surface area contributed by atoms with Gasteiger partial charge in [-0.2, -0.15) is 0 Å². The molecule has 0 atom stereocenters. The molecule has 0 saturated heterocycles. The Morgan fingerprint density at radius 1 is 0.968 bits per heavy atom. The largest absolute Gasteiger partial charge is 0.468 e. The molecule has 162 valence electrons. The topological polar surface area (TPSA) is 68.2 Å². The van der Waals surface area contributed by atoms with E-state index in [2.05, 4.69) is 18.1 Å². The van der Waals surface area contributed by atoms with Crippen LogP contribution in [0, 0.1) is 0 Å². The van der Waals surface area contributed by atoms with E-state index >= 15 is 0 Å². The van der Waals surface area contributed by atoms with Crippen molar-refractivity contribution >= 4 is 0 Å². The van der Waals surface area contributed by atoms with Crippen LogP contribution in [0.1, 0.15) is 36.7 Å². The molecule has 1 aliphatic heterocycles. The molecule has 4 rings (SSSR count). The molecule has 1 aromatic carbocycles. The molecule has 0 bridgehead atoms. The number of furan rings is 2. The molecule has 6 nitrogen and oxygen atoms in total. The highest BCUT2D eigenvalue weighted by Gasteiger charge is 2.35. The summed E-state index contributed by atoms with van der Waals surface area (Å²) in [5, 5.41) is 11.1. The first-order chi connectivity index (χ1) is 14.9. The van der Waals surface area contributed by atoms with E-state index < -0.39 is 5.60 Å². The van der Waals surface area contributed by atoms with E-state index in [1.807, 2.05) is 36.4 Å². The van der Waals surface area contributed by atoms with Gasteiger partial charge >= 0.3 is 0 Å². The van der Waals surface area contributed by atoms with Gasteiger partial charge in [0.2, 0.25) is 6.79 Å². The highest BCUT2D eigenvalue weighted by Crippen LogP contribution is 2.36. The summed E-state index contributed by atoms with van der Waals surface area (Å²) in [6, 6.07) is 13.4. The molecule has 0 saturated carbocycles. The predicted molar refractivity (Wildman–Crippen MR) is 116 cm³/mol. The molecule has 6 heteroatoms. The molecule has 0 spiro atoms. The lowest BCUT2D eigenvalue weighted by Gasteiger charge is -2.27. The third-order valence-electron chi connectivity index (χ3n) is 5.44. The van der Waals surface area contributed by atoms with E-state index in [4.69, 9.17) is 18.3 Å². The summed E-state index contributed by atoms with van der Waals surface area (Å²) >= 11 is 0. The highest BCUT2D eigenvalue weighted by molar-refractivity contribution is 5.44. The van der Waals surface area contributed by atoms with Crippen LogP contribution < -0.4 is 9.47 Å². The summed E-state index contributed by atoms with van der Waals surface area (Å²) in [6.07, 6.45) is 1.67. The minimum atomic E-state index is -1.39. The van der Waals surface area contributed by atoms with Crippen molar-refractivity contribution < 1.29 is 23.4 Å². The fraction of sp³-hybridized carbons (Fsp3) is 0.280. The van der Waals surface area contributed by atoms with E-state index in [9.17, 15) is 5.11 Å². The lowest BCUT2D eigenvalue weighted by atomic mass is 9.87. The first-order valence-electron chi connectivity index (χ1n) is 10.1. The Morgan fingerprint density at radius 3 is 2.42 bits per heavy atom. The van der Waals surface area contributed by atoms with Crippen LogP contribution in [0.4, 0.5) is 0 Å². The van der Waals surface area contributed by atoms with Gasteiger partial charge < -0.3 is 23.4 Å². The van der Waals surface area contributed by atoms with E-state index in [-0.39, 0.29) is 6.79 Å². The van der Waals surface area contributed by atoms with Gasteiger partial charge in [0, 0.05) is 6.54 Å². The van der Waals surface area contributed by atoms with Crippen LogP contribution in [0.15, 0.2) is 81.9 Å². The number of benzene rings is 1. The zero-order chi connectivity index (χ0) is 22.0. The standard InChI is InChI=1S/C25H27NO5/c1-17(2)25(27,18(3)4)24-10-8-21(31-24)15-26(14-20-6-5-11-28-20)13-19-7-9-22-23(12-19)30-16-29-22/h5-12,27H,1,3,13-16H2,2,4H3. The molecule has 1 N–H and O–H groups in total. The van der Waals surface area contributed by atoms with Crippen LogP contribution in [-0.2, 0) is 25.2 Å². The number of ether oxygens (including phenoxy) is 2. The Labute approximate surface area is 182 Å². The number of nitrogens with zero attached hydrogens (tertiary/aromatic N) is 1. The summed E-state index contributed by atoms with van der Waals surface area (Å²) in [7, 11) is 0. The van der Waals surface area contributed by atoms with Gasteiger partial charge in [0.25, 0.3) is 0 Å². The van der Waals surface area contributed by atoms with E-state index in [1.54, 1.807) is 26.2 Å². The summed E-state index contributed by atoms with van der Waals surface area (Å²) in [5.41, 5.74) is 0.826. The van der Waals surface area contributed by atoms with E-state index in [1.165, 1.54) is 0 Å². The molecule has 0 amide bonds. The summed E-state index contributed by atoms with van der Waals surface area (Å²) in [6.45, 7) is 13.4. The smallest absolute Gasteiger partial charge is 0.231 e. The van der Waals surface area contributed by atoms with Crippen molar-refractivity contribution in [1.29, 1.82) is 0 Å². The minimum absolute atomic E-state index is 0.248. The monoisotopic (exact) mass is 421 g/mol. The van der Waals surface area contributed by atoms with Gasteiger partial charge in [0.05, 0.1) is 19.4 Å². The number of rotatable bonds is 9. The molecule has 0 fully saturated rings. The number of aliphatic hydroxyl groups is 1. The molecule has 3 aromatic rings. The van der Waals surface area contributed by atoms with Gasteiger partial charge in [-0.1, -0.05) is 19.2 Å². The Balaban J connectivity index is 1.56. The maximum Gasteiger partial charge on any atom is 0.231 e. The zero-order valence-corrected chi connectivity index (χ0v) is 17.9. The maximum atomic E-state index is 11.1.